The lowest BCUT2D eigenvalue weighted by atomic mass is 9.80. The molecule has 1 fully saturated rings. The Kier molecular flexibility index (Phi) is 3.50. The van der Waals surface area contributed by atoms with Crippen molar-refractivity contribution in [3.8, 4) is 0 Å². The maximum absolute atomic E-state index is 3.82. The SMILES string of the molecule is CC(C)c1ccc([C@H](Br)C2CCC2)cc1. The van der Waals surface area contributed by atoms with E-state index in [0.29, 0.717) is 10.7 Å². The molecular weight excluding hydrogens is 248 g/mol. The van der Waals surface area contributed by atoms with Crippen molar-refractivity contribution in [2.75, 3.05) is 0 Å². The second kappa shape index (κ2) is 4.69. The normalized spacial score (nSPS) is 18.9. The van der Waals surface area contributed by atoms with Gasteiger partial charge in [0.1, 0.15) is 0 Å². The zero-order valence-corrected chi connectivity index (χ0v) is 11.1. The van der Waals surface area contributed by atoms with Gasteiger partial charge < -0.3 is 0 Å². The van der Waals surface area contributed by atoms with Crippen molar-refractivity contribution in [1.29, 1.82) is 0 Å². The van der Waals surface area contributed by atoms with Gasteiger partial charge in [0.25, 0.3) is 0 Å². The summed E-state index contributed by atoms with van der Waals surface area (Å²) in [5, 5.41) is 0. The molecule has 82 valence electrons. The second-order valence-corrected chi connectivity index (χ2v) is 5.90. The molecule has 1 aliphatic carbocycles. The van der Waals surface area contributed by atoms with Gasteiger partial charge in [0.2, 0.25) is 0 Å². The summed E-state index contributed by atoms with van der Waals surface area (Å²) in [4.78, 5) is 0.576. The van der Waals surface area contributed by atoms with Gasteiger partial charge in [0, 0.05) is 4.83 Å². The number of halogens is 1. The Labute approximate surface area is 101 Å². The highest BCUT2D eigenvalue weighted by atomic mass is 79.9. The van der Waals surface area contributed by atoms with Crippen LogP contribution in [0.15, 0.2) is 24.3 Å². The van der Waals surface area contributed by atoms with E-state index in [-0.39, 0.29) is 0 Å². The molecular formula is C14H19Br. The lowest BCUT2D eigenvalue weighted by Gasteiger charge is -2.30. The van der Waals surface area contributed by atoms with E-state index in [1.54, 1.807) is 0 Å². The highest BCUT2D eigenvalue weighted by Crippen LogP contribution is 2.43. The first-order chi connectivity index (χ1) is 7.18. The van der Waals surface area contributed by atoms with E-state index in [2.05, 4.69) is 54.0 Å². The van der Waals surface area contributed by atoms with Crippen LogP contribution in [0, 0.1) is 5.92 Å². The smallest absolute Gasteiger partial charge is 0.0423 e. The topological polar surface area (TPSA) is 0 Å². The van der Waals surface area contributed by atoms with Crippen LogP contribution < -0.4 is 0 Å². The molecule has 0 spiro atoms. The van der Waals surface area contributed by atoms with Gasteiger partial charge in [0.15, 0.2) is 0 Å². The molecule has 0 unspecified atom stereocenters. The number of hydrogen-bond donors (Lipinski definition) is 0. The monoisotopic (exact) mass is 266 g/mol. The maximum atomic E-state index is 3.82. The molecule has 0 aromatic heterocycles. The molecule has 0 nitrogen and oxygen atoms in total. The molecule has 1 atom stereocenters. The standard InChI is InChI=1S/C14H19Br/c1-10(2)11-6-8-13(9-7-11)14(15)12-4-3-5-12/h6-10,12,14H,3-5H2,1-2H3/t14-/m1/s1. The minimum atomic E-state index is 0.576. The quantitative estimate of drug-likeness (QED) is 0.672. The fraction of sp³-hybridized carbons (Fsp3) is 0.571. The largest absolute Gasteiger partial charge is 0.0836 e. The predicted octanol–water partition coefficient (Wildman–Crippen LogP) is 5.05. The molecule has 0 saturated heterocycles. The van der Waals surface area contributed by atoms with Crippen LogP contribution in [0.2, 0.25) is 0 Å². The second-order valence-electron chi connectivity index (χ2n) is 4.91. The van der Waals surface area contributed by atoms with Crippen LogP contribution in [0.4, 0.5) is 0 Å². The summed E-state index contributed by atoms with van der Waals surface area (Å²) in [6.07, 6.45) is 4.19. The van der Waals surface area contributed by atoms with Crippen molar-refractivity contribution in [2.24, 2.45) is 5.92 Å². The third-order valence-electron chi connectivity index (χ3n) is 3.49. The molecule has 0 bridgehead atoms. The van der Waals surface area contributed by atoms with Crippen molar-refractivity contribution < 1.29 is 0 Å². The van der Waals surface area contributed by atoms with Crippen molar-refractivity contribution in [3.63, 3.8) is 0 Å². The average Bonchev–Trinajstić information content (AvgIpc) is 2.15. The Morgan fingerprint density at radius 2 is 1.60 bits per heavy atom. The third kappa shape index (κ3) is 2.44. The summed E-state index contributed by atoms with van der Waals surface area (Å²) in [6, 6.07) is 9.11. The third-order valence-corrected chi connectivity index (χ3v) is 4.76. The fourth-order valence-corrected chi connectivity index (χ4v) is 2.90. The van der Waals surface area contributed by atoms with Crippen LogP contribution in [0.25, 0.3) is 0 Å². The van der Waals surface area contributed by atoms with E-state index in [4.69, 9.17) is 0 Å². The predicted molar refractivity (Wildman–Crippen MR) is 69.5 cm³/mol. The molecule has 1 saturated carbocycles. The summed E-state index contributed by atoms with van der Waals surface area (Å²) < 4.78 is 0. The minimum absolute atomic E-state index is 0.576. The number of rotatable bonds is 3. The van der Waals surface area contributed by atoms with Gasteiger partial charge in [-0.3, -0.25) is 0 Å². The molecule has 0 heterocycles. The van der Waals surface area contributed by atoms with Gasteiger partial charge in [-0.25, -0.2) is 0 Å². The van der Waals surface area contributed by atoms with Crippen LogP contribution in [0.3, 0.4) is 0 Å². The Hall–Kier alpha value is -0.300. The zero-order valence-electron chi connectivity index (χ0n) is 9.54. The summed E-state index contributed by atoms with van der Waals surface area (Å²) in [5.41, 5.74) is 2.89. The number of alkyl halides is 1. The highest BCUT2D eigenvalue weighted by Gasteiger charge is 2.26. The van der Waals surface area contributed by atoms with Crippen molar-refractivity contribution in [3.05, 3.63) is 35.4 Å². The molecule has 1 aliphatic rings. The van der Waals surface area contributed by atoms with E-state index in [1.807, 2.05) is 0 Å². The molecule has 15 heavy (non-hydrogen) atoms. The van der Waals surface area contributed by atoms with Gasteiger partial charge in [0.05, 0.1) is 0 Å². The van der Waals surface area contributed by atoms with Crippen LogP contribution >= 0.6 is 15.9 Å². The number of benzene rings is 1. The van der Waals surface area contributed by atoms with Crippen molar-refractivity contribution in [1.82, 2.24) is 0 Å². The van der Waals surface area contributed by atoms with E-state index in [0.717, 1.165) is 5.92 Å². The first-order valence-electron chi connectivity index (χ1n) is 5.92. The Balaban J connectivity index is 2.08. The first kappa shape index (κ1) is 11.2. The molecule has 1 aromatic carbocycles. The zero-order chi connectivity index (χ0) is 10.8. The fourth-order valence-electron chi connectivity index (χ4n) is 2.07. The minimum Gasteiger partial charge on any atom is -0.0836 e. The lowest BCUT2D eigenvalue weighted by molar-refractivity contribution is 0.312. The summed E-state index contributed by atoms with van der Waals surface area (Å²) in [7, 11) is 0. The van der Waals surface area contributed by atoms with Crippen LogP contribution in [0.1, 0.15) is 55.0 Å². The van der Waals surface area contributed by atoms with Gasteiger partial charge in [-0.05, 0) is 35.8 Å². The van der Waals surface area contributed by atoms with Crippen LogP contribution in [0.5, 0.6) is 0 Å². The van der Waals surface area contributed by atoms with Crippen molar-refractivity contribution in [2.45, 2.75) is 43.9 Å². The van der Waals surface area contributed by atoms with E-state index < -0.39 is 0 Å². The summed E-state index contributed by atoms with van der Waals surface area (Å²) in [5.74, 6) is 1.51. The van der Waals surface area contributed by atoms with Crippen LogP contribution in [-0.4, -0.2) is 0 Å². The molecule has 0 N–H and O–H groups in total. The lowest BCUT2D eigenvalue weighted by Crippen LogP contribution is -2.16. The molecule has 0 aliphatic heterocycles. The summed E-state index contributed by atoms with van der Waals surface area (Å²) in [6.45, 7) is 4.49. The van der Waals surface area contributed by atoms with E-state index in [9.17, 15) is 0 Å². The average molecular weight is 267 g/mol. The molecule has 1 aromatic rings. The van der Waals surface area contributed by atoms with Crippen LogP contribution in [-0.2, 0) is 0 Å². The van der Waals surface area contributed by atoms with E-state index in [1.165, 1.54) is 30.4 Å². The Morgan fingerprint density at radius 3 is 2.00 bits per heavy atom. The highest BCUT2D eigenvalue weighted by molar-refractivity contribution is 9.09. The molecule has 2 rings (SSSR count). The van der Waals surface area contributed by atoms with E-state index >= 15 is 0 Å². The molecule has 0 amide bonds. The maximum Gasteiger partial charge on any atom is 0.0423 e. The molecule has 1 heteroatoms. The first-order valence-corrected chi connectivity index (χ1v) is 6.84. The molecule has 0 radical (unpaired) electrons. The van der Waals surface area contributed by atoms with Gasteiger partial charge in [-0.2, -0.15) is 0 Å². The van der Waals surface area contributed by atoms with Gasteiger partial charge in [-0.15, -0.1) is 0 Å². The van der Waals surface area contributed by atoms with Gasteiger partial charge >= 0.3 is 0 Å². The number of hydrogen-bond acceptors (Lipinski definition) is 0. The van der Waals surface area contributed by atoms with Crippen molar-refractivity contribution >= 4 is 15.9 Å². The van der Waals surface area contributed by atoms with Gasteiger partial charge in [-0.1, -0.05) is 60.5 Å². The Morgan fingerprint density at radius 1 is 1.07 bits per heavy atom. The summed E-state index contributed by atoms with van der Waals surface area (Å²) >= 11 is 3.82. The Bertz CT molecular complexity index is 309.